The molecule has 0 unspecified atom stereocenters. The van der Waals surface area contributed by atoms with Crippen molar-refractivity contribution < 1.29 is 0 Å². The van der Waals surface area contributed by atoms with E-state index in [2.05, 4.69) is 315 Å². The molecule has 15 aromatic rings. The Morgan fingerprint density at radius 3 is 0.944 bits per heavy atom. The van der Waals surface area contributed by atoms with Gasteiger partial charge in [0.15, 0.2) is 0 Å². The van der Waals surface area contributed by atoms with Gasteiger partial charge in [-0.1, -0.05) is 243 Å². The molecule has 0 saturated heterocycles. The summed E-state index contributed by atoms with van der Waals surface area (Å²) in [5.74, 6) is 0. The lowest BCUT2D eigenvalue weighted by molar-refractivity contribution is 0.635. The summed E-state index contributed by atoms with van der Waals surface area (Å²) >= 11 is 0. The summed E-state index contributed by atoms with van der Waals surface area (Å²) in [5, 5.41) is 5.00. The molecule has 90 heavy (non-hydrogen) atoms. The molecule has 0 spiro atoms. The molecule has 4 aliphatic heterocycles. The summed E-state index contributed by atoms with van der Waals surface area (Å²) in [4.78, 5) is 8.39. The van der Waals surface area contributed by atoms with E-state index < -0.39 is 0 Å². The summed E-state index contributed by atoms with van der Waals surface area (Å²) in [6, 6.07) is 110. The molecule has 0 bridgehead atoms. The van der Waals surface area contributed by atoms with Gasteiger partial charge in [0.2, 0.25) is 0 Å². The smallest absolute Gasteiger partial charge is 0.252 e. The molecule has 424 valence electrons. The molecule has 13 aromatic carbocycles. The van der Waals surface area contributed by atoms with Crippen molar-refractivity contribution in [3.05, 3.63) is 302 Å². The highest BCUT2D eigenvalue weighted by Crippen LogP contribution is 2.58. The van der Waals surface area contributed by atoms with Gasteiger partial charge in [-0.2, -0.15) is 0 Å². The molecule has 0 atom stereocenters. The zero-order valence-electron chi connectivity index (χ0n) is 49.8. The first-order valence-electron chi connectivity index (χ1n) is 32.0. The molecular weight excluding hydrogens is 1090 g/mol. The average molecular weight is 1150 g/mol. The summed E-state index contributed by atoms with van der Waals surface area (Å²) < 4.78 is 5.04. The Morgan fingerprint density at radius 2 is 0.600 bits per heavy atom. The fraction of sp³-hybridized carbons (Fsp3) is 0.0714. The van der Waals surface area contributed by atoms with Crippen LogP contribution in [0.1, 0.15) is 24.0 Å². The highest BCUT2D eigenvalue weighted by molar-refractivity contribution is 7.00. The second kappa shape index (κ2) is 20.2. The van der Waals surface area contributed by atoms with Gasteiger partial charge in [-0.3, -0.25) is 0 Å². The molecule has 0 aliphatic carbocycles. The van der Waals surface area contributed by atoms with Crippen LogP contribution < -0.4 is 31.1 Å². The molecular formula is C84H60BN5. The summed E-state index contributed by atoms with van der Waals surface area (Å²) in [5.41, 5.74) is 32.3. The van der Waals surface area contributed by atoms with Crippen LogP contribution in [0.2, 0.25) is 0 Å². The van der Waals surface area contributed by atoms with E-state index >= 15 is 0 Å². The Morgan fingerprint density at radius 1 is 0.278 bits per heavy atom. The zero-order chi connectivity index (χ0) is 59.0. The lowest BCUT2D eigenvalue weighted by atomic mass is 9.33. The van der Waals surface area contributed by atoms with Crippen molar-refractivity contribution in [2.45, 2.75) is 25.7 Å². The standard InChI is InChI=1S/C84H60BN5/c1-5-25-55(26-6-1)61-37-21-38-62(56-27-7-2-8-28-56)81(61)89-77-53-59(87-73-43-17-13-33-65(73)66-34-14-18-44-74(66)87)47-49-71(77)85-72-50-48-60(88-75-45-19-15-35-67(75)68-36-16-20-46-76(68)88)54-78(72)90(84-70-42-24-52-86-51-23-41-69(80(70)86)83(89)79(84)85)82-63(57-29-9-3-10-30-57)39-22-40-64(82)58-31-11-4-12-32-58/h1-22,25-40,43-50,53-54H,23-24,41-42,51-52H2. The van der Waals surface area contributed by atoms with Gasteiger partial charge >= 0.3 is 0 Å². The van der Waals surface area contributed by atoms with Gasteiger partial charge in [0.05, 0.1) is 33.4 Å². The zero-order valence-corrected chi connectivity index (χ0v) is 49.8. The van der Waals surface area contributed by atoms with Crippen molar-refractivity contribution in [1.29, 1.82) is 0 Å². The molecule has 0 N–H and O–H groups in total. The Kier molecular flexibility index (Phi) is 11.5. The molecule has 5 nitrogen and oxygen atoms in total. The predicted molar refractivity (Wildman–Crippen MR) is 380 cm³/mol. The van der Waals surface area contributed by atoms with E-state index in [0.717, 1.165) is 50.1 Å². The molecule has 0 fully saturated rings. The maximum atomic E-state index is 2.80. The van der Waals surface area contributed by atoms with Crippen molar-refractivity contribution in [2.75, 3.05) is 27.8 Å². The van der Waals surface area contributed by atoms with E-state index in [-0.39, 0.29) is 6.71 Å². The van der Waals surface area contributed by atoms with Crippen LogP contribution in [0.5, 0.6) is 0 Å². The lowest BCUT2D eigenvalue weighted by Crippen LogP contribution is -2.62. The molecule has 6 heteroatoms. The van der Waals surface area contributed by atoms with Crippen molar-refractivity contribution in [2.24, 2.45) is 0 Å². The number of anilines is 7. The van der Waals surface area contributed by atoms with Crippen molar-refractivity contribution in [3.63, 3.8) is 0 Å². The third-order valence-corrected chi connectivity index (χ3v) is 20.1. The van der Waals surface area contributed by atoms with Crippen LogP contribution in [-0.2, 0) is 12.8 Å². The van der Waals surface area contributed by atoms with Gasteiger partial charge in [-0.05, 0) is 124 Å². The maximum absolute atomic E-state index is 2.80. The summed E-state index contributed by atoms with van der Waals surface area (Å²) in [6.45, 7) is 1.89. The molecule has 4 aliphatic rings. The number of hydrogen-bond acceptors (Lipinski definition) is 3. The van der Waals surface area contributed by atoms with E-state index in [0.29, 0.717) is 0 Å². The first kappa shape index (κ1) is 51.0. The monoisotopic (exact) mass is 1150 g/mol. The minimum absolute atomic E-state index is 0.154. The second-order valence-corrected chi connectivity index (χ2v) is 24.8. The number of fused-ring (bicyclic) bond motifs is 12. The topological polar surface area (TPSA) is 19.6 Å². The third-order valence-electron chi connectivity index (χ3n) is 20.1. The fourth-order valence-corrected chi connectivity index (χ4v) is 16.5. The Hall–Kier alpha value is -11.1. The van der Waals surface area contributed by atoms with E-state index in [1.807, 2.05) is 0 Å². The van der Waals surface area contributed by atoms with Crippen LogP contribution in [-0.4, -0.2) is 28.9 Å². The predicted octanol–water partition coefficient (Wildman–Crippen LogP) is 19.3. The minimum atomic E-state index is -0.154. The molecule has 0 amide bonds. The largest absolute Gasteiger partial charge is 0.371 e. The molecule has 0 saturated carbocycles. The van der Waals surface area contributed by atoms with Crippen LogP contribution in [0.25, 0.3) is 99.5 Å². The molecule has 2 aromatic heterocycles. The highest BCUT2D eigenvalue weighted by Gasteiger charge is 2.49. The summed E-state index contributed by atoms with van der Waals surface area (Å²) in [6.07, 6.45) is 4.09. The quantitative estimate of drug-likeness (QED) is 0.141. The fourth-order valence-electron chi connectivity index (χ4n) is 16.5. The summed E-state index contributed by atoms with van der Waals surface area (Å²) in [7, 11) is 0. The van der Waals surface area contributed by atoms with E-state index in [1.54, 1.807) is 0 Å². The number of aromatic nitrogens is 2. The van der Waals surface area contributed by atoms with Crippen LogP contribution in [0.15, 0.2) is 291 Å². The average Bonchev–Trinajstić information content (AvgIpc) is 0.802. The second-order valence-electron chi connectivity index (χ2n) is 24.8. The number of rotatable bonds is 8. The highest BCUT2D eigenvalue weighted by atomic mass is 15.2. The van der Waals surface area contributed by atoms with Gasteiger partial charge < -0.3 is 23.8 Å². The van der Waals surface area contributed by atoms with Crippen LogP contribution in [0.3, 0.4) is 0 Å². The maximum Gasteiger partial charge on any atom is 0.252 e. The van der Waals surface area contributed by atoms with Gasteiger partial charge in [0.1, 0.15) is 0 Å². The third kappa shape index (κ3) is 7.51. The van der Waals surface area contributed by atoms with Crippen LogP contribution in [0, 0.1) is 0 Å². The number of benzene rings is 13. The van der Waals surface area contributed by atoms with Crippen molar-refractivity contribution in [1.82, 2.24) is 9.13 Å². The normalized spacial score (nSPS) is 13.9. The number of nitrogens with zero attached hydrogens (tertiary/aromatic N) is 5. The van der Waals surface area contributed by atoms with Crippen molar-refractivity contribution in [3.8, 4) is 55.9 Å². The number of para-hydroxylation sites is 6. The Labute approximate surface area is 524 Å². The van der Waals surface area contributed by atoms with Crippen LogP contribution in [0.4, 0.5) is 39.8 Å². The lowest BCUT2D eigenvalue weighted by Gasteiger charge is -2.50. The first-order valence-corrected chi connectivity index (χ1v) is 32.0. The van der Waals surface area contributed by atoms with Crippen molar-refractivity contribution >= 4 is 107 Å². The van der Waals surface area contributed by atoms with Gasteiger partial charge in [0.25, 0.3) is 6.71 Å². The van der Waals surface area contributed by atoms with Crippen LogP contribution >= 0.6 is 0 Å². The van der Waals surface area contributed by atoms with Gasteiger partial charge in [-0.25, -0.2) is 0 Å². The van der Waals surface area contributed by atoms with E-state index in [9.17, 15) is 0 Å². The minimum Gasteiger partial charge on any atom is -0.371 e. The first-order chi connectivity index (χ1) is 44.7. The van der Waals surface area contributed by atoms with Gasteiger partial charge in [0, 0.05) is 96.7 Å². The van der Waals surface area contributed by atoms with E-state index in [4.69, 9.17) is 0 Å². The molecule has 6 heterocycles. The number of hydrogen-bond donors (Lipinski definition) is 0. The Bertz CT molecular complexity index is 4840. The van der Waals surface area contributed by atoms with Gasteiger partial charge in [-0.15, -0.1) is 0 Å². The molecule has 19 rings (SSSR count). The van der Waals surface area contributed by atoms with E-state index in [1.165, 1.54) is 155 Å². The molecule has 0 radical (unpaired) electrons. The SMILES string of the molecule is c1ccc(-c2cccc(-c3ccccc3)c2N2c3cc(-n4c5ccccc5c5ccccc54)ccc3B3c4ccc(-n5c6ccccc6c6ccccc65)cc4N(c4c(-c5ccccc5)cccc4-c4ccccc4)c4c5c6c(c2c43)CCCN6CCC5)cc1. The Balaban J connectivity index is 1.01.